The van der Waals surface area contributed by atoms with Crippen LogP contribution in [0.3, 0.4) is 0 Å². The number of imidazole rings is 1. The van der Waals surface area contributed by atoms with Crippen molar-refractivity contribution in [2.24, 2.45) is 0 Å². The van der Waals surface area contributed by atoms with E-state index in [9.17, 15) is 0 Å². The molecule has 0 amide bonds. The van der Waals surface area contributed by atoms with E-state index in [1.807, 2.05) is 97.1 Å². The molecule has 0 saturated heterocycles. The number of fused-ring (bicyclic) bond motifs is 1. The van der Waals surface area contributed by atoms with Crippen LogP contribution < -0.4 is 0 Å². The molecule has 0 aliphatic heterocycles. The molecule has 6 aromatic rings. The van der Waals surface area contributed by atoms with Gasteiger partial charge in [-0.25, -0.2) is 0 Å². The Morgan fingerprint density at radius 1 is 0.647 bits per heavy atom. The Balaban J connectivity index is 0.000000180. The van der Waals surface area contributed by atoms with Crippen molar-refractivity contribution in [3.8, 4) is 28.3 Å². The van der Waals surface area contributed by atoms with Crippen molar-refractivity contribution in [1.29, 1.82) is 0 Å². The van der Waals surface area contributed by atoms with Crippen LogP contribution in [0.25, 0.3) is 39.4 Å². The molecule has 167 valence electrons. The summed E-state index contributed by atoms with van der Waals surface area (Å²) in [5, 5.41) is 7.90. The van der Waals surface area contributed by atoms with Crippen LogP contribution in [0.2, 0.25) is 0 Å². The number of para-hydroxylation sites is 1. The van der Waals surface area contributed by atoms with Gasteiger partial charge < -0.3 is 9.55 Å². The summed E-state index contributed by atoms with van der Waals surface area (Å²) < 4.78 is 2.08. The summed E-state index contributed by atoms with van der Waals surface area (Å²) in [5.74, 6) is 0.839. The first-order chi connectivity index (χ1) is 16.4. The third-order valence-corrected chi connectivity index (χ3v) is 4.98. The molecule has 0 aliphatic carbocycles. The van der Waals surface area contributed by atoms with Gasteiger partial charge in [0.25, 0.3) is 0 Å². The molecule has 3 aromatic carbocycles. The molecule has 6 rings (SSSR count). The van der Waals surface area contributed by atoms with Crippen molar-refractivity contribution < 1.29 is 20.1 Å². The second-order valence-electron chi connectivity index (χ2n) is 7.13. The first kappa shape index (κ1) is 23.2. The van der Waals surface area contributed by atoms with Crippen LogP contribution in [0.5, 0.6) is 0 Å². The van der Waals surface area contributed by atoms with Gasteiger partial charge in [-0.3, -0.25) is 4.98 Å². The molecule has 0 aliphatic rings. The standard InChI is InChI=1S/C17H11N4.C11H8N.Ir/c1-3-7-13(8-4-1)17-20-15-11-18-19-12-16(15)21(17)14-9-5-2-6-10-14;1-2-6-10(7-3-1)11-8-4-5-9-12-11;/h1-7,9-12H;1-6,8-9H;/q2*-1;. The van der Waals surface area contributed by atoms with Crippen LogP contribution in [-0.4, -0.2) is 24.7 Å². The number of nitrogens with zero attached hydrogens (tertiary/aromatic N) is 5. The minimum atomic E-state index is 0. The summed E-state index contributed by atoms with van der Waals surface area (Å²) in [4.78, 5) is 8.91. The zero-order valence-corrected chi connectivity index (χ0v) is 20.4. The molecule has 0 bridgehead atoms. The second kappa shape index (κ2) is 11.2. The molecule has 34 heavy (non-hydrogen) atoms. The van der Waals surface area contributed by atoms with Gasteiger partial charge in [-0.15, -0.1) is 71.8 Å². The van der Waals surface area contributed by atoms with Crippen molar-refractivity contribution in [2.75, 3.05) is 0 Å². The van der Waals surface area contributed by atoms with Gasteiger partial charge >= 0.3 is 0 Å². The Morgan fingerprint density at radius 2 is 1.32 bits per heavy atom. The zero-order chi connectivity index (χ0) is 22.3. The number of hydrogen-bond acceptors (Lipinski definition) is 4. The topological polar surface area (TPSA) is 56.5 Å². The summed E-state index contributed by atoms with van der Waals surface area (Å²) >= 11 is 0. The number of benzene rings is 3. The maximum Gasteiger partial charge on any atom is 0.0992 e. The van der Waals surface area contributed by atoms with E-state index in [1.54, 1.807) is 18.6 Å². The zero-order valence-electron chi connectivity index (χ0n) is 18.0. The molecule has 3 heterocycles. The van der Waals surface area contributed by atoms with Crippen LogP contribution in [0.15, 0.2) is 116 Å². The first-order valence-electron chi connectivity index (χ1n) is 10.5. The van der Waals surface area contributed by atoms with Gasteiger partial charge in [0.15, 0.2) is 0 Å². The molecule has 0 atom stereocenters. The van der Waals surface area contributed by atoms with Crippen LogP contribution in [-0.2, 0) is 20.1 Å². The Hall–Kier alpha value is -3.99. The molecule has 1 radical (unpaired) electrons. The first-order valence-corrected chi connectivity index (χ1v) is 10.5. The van der Waals surface area contributed by atoms with Gasteiger partial charge in [-0.2, -0.15) is 10.2 Å². The largest absolute Gasteiger partial charge is 0.332 e. The Labute approximate surface area is 211 Å². The molecular weight excluding hydrogens is 599 g/mol. The Morgan fingerprint density at radius 3 is 2.00 bits per heavy atom. The van der Waals surface area contributed by atoms with E-state index in [4.69, 9.17) is 0 Å². The number of aromatic nitrogens is 5. The molecule has 5 nitrogen and oxygen atoms in total. The average Bonchev–Trinajstić information content (AvgIpc) is 3.31. The molecule has 0 unspecified atom stereocenters. The molecule has 6 heteroatoms. The van der Waals surface area contributed by atoms with Crippen LogP contribution in [0.1, 0.15) is 0 Å². The smallest absolute Gasteiger partial charge is 0.0992 e. The molecule has 0 N–H and O–H groups in total. The van der Waals surface area contributed by atoms with Crippen molar-refractivity contribution in [3.05, 3.63) is 128 Å². The predicted octanol–water partition coefficient (Wildman–Crippen LogP) is 5.83. The fourth-order valence-electron chi connectivity index (χ4n) is 3.47. The van der Waals surface area contributed by atoms with Crippen LogP contribution in [0, 0.1) is 12.1 Å². The van der Waals surface area contributed by atoms with E-state index >= 15 is 0 Å². The quantitative estimate of drug-likeness (QED) is 0.235. The summed E-state index contributed by atoms with van der Waals surface area (Å²) in [7, 11) is 0. The summed E-state index contributed by atoms with van der Waals surface area (Å²) in [6.45, 7) is 0. The minimum absolute atomic E-state index is 0. The number of pyridine rings is 1. The van der Waals surface area contributed by atoms with Crippen LogP contribution in [0.4, 0.5) is 0 Å². The summed E-state index contributed by atoms with van der Waals surface area (Å²) in [6.07, 6.45) is 5.21. The molecule has 3 aromatic heterocycles. The van der Waals surface area contributed by atoms with E-state index in [1.165, 1.54) is 0 Å². The SMILES string of the molecule is [Ir].[c-]1ccccc1-c1ccccn1.[c-]1ccccc1-c1nc2cnncc2n1-c1ccccc1. The molecular formula is C28H19IrN5-2. The Bertz CT molecular complexity index is 1400. The molecule has 0 fully saturated rings. The van der Waals surface area contributed by atoms with E-state index in [2.05, 4.69) is 36.9 Å². The summed E-state index contributed by atoms with van der Waals surface area (Å²) in [5.41, 5.74) is 5.75. The fourth-order valence-corrected chi connectivity index (χ4v) is 3.47. The average molecular weight is 618 g/mol. The van der Waals surface area contributed by atoms with Gasteiger partial charge in [-0.1, -0.05) is 30.3 Å². The maximum absolute atomic E-state index is 4.69. The van der Waals surface area contributed by atoms with E-state index < -0.39 is 0 Å². The van der Waals surface area contributed by atoms with Crippen molar-refractivity contribution in [2.45, 2.75) is 0 Å². The monoisotopic (exact) mass is 618 g/mol. The van der Waals surface area contributed by atoms with Gasteiger partial charge in [0, 0.05) is 32.0 Å². The molecule has 0 spiro atoms. The van der Waals surface area contributed by atoms with Crippen molar-refractivity contribution >= 4 is 11.0 Å². The number of hydrogen-bond donors (Lipinski definition) is 0. The Kier molecular flexibility index (Phi) is 7.66. The minimum Gasteiger partial charge on any atom is -0.332 e. The third kappa shape index (κ3) is 5.15. The fraction of sp³-hybridized carbons (Fsp3) is 0. The normalized spacial score (nSPS) is 10.1. The van der Waals surface area contributed by atoms with Crippen molar-refractivity contribution in [1.82, 2.24) is 24.7 Å². The van der Waals surface area contributed by atoms with E-state index in [0.717, 1.165) is 39.4 Å². The van der Waals surface area contributed by atoms with Crippen LogP contribution >= 0.6 is 0 Å². The predicted molar refractivity (Wildman–Crippen MR) is 129 cm³/mol. The second-order valence-corrected chi connectivity index (χ2v) is 7.13. The van der Waals surface area contributed by atoms with Gasteiger partial charge in [-0.05, 0) is 23.9 Å². The van der Waals surface area contributed by atoms with Crippen molar-refractivity contribution in [3.63, 3.8) is 0 Å². The van der Waals surface area contributed by atoms with Gasteiger partial charge in [0.05, 0.1) is 29.3 Å². The number of rotatable bonds is 3. The van der Waals surface area contributed by atoms with Gasteiger partial charge in [0.2, 0.25) is 0 Å². The van der Waals surface area contributed by atoms with E-state index in [0.29, 0.717) is 0 Å². The summed E-state index contributed by atoms with van der Waals surface area (Å²) in [6, 6.07) is 38.0. The molecule has 0 saturated carbocycles. The van der Waals surface area contributed by atoms with E-state index in [-0.39, 0.29) is 20.1 Å². The van der Waals surface area contributed by atoms with Gasteiger partial charge in [0.1, 0.15) is 0 Å². The third-order valence-electron chi connectivity index (χ3n) is 4.98. The maximum atomic E-state index is 4.69.